The normalized spacial score (nSPS) is 28.5. The van der Waals surface area contributed by atoms with Crippen LogP contribution in [0.5, 0.6) is 0 Å². The lowest BCUT2D eigenvalue weighted by molar-refractivity contribution is 0.00992. The number of rotatable bonds is 3. The zero-order valence-electron chi connectivity index (χ0n) is 12.3. The average molecular weight is 293 g/mol. The summed E-state index contributed by atoms with van der Waals surface area (Å²) in [5, 5.41) is 13.5. The summed E-state index contributed by atoms with van der Waals surface area (Å²) >= 11 is 0. The van der Waals surface area contributed by atoms with Crippen molar-refractivity contribution in [2.75, 3.05) is 18.4 Å². The van der Waals surface area contributed by atoms with Crippen LogP contribution in [0.15, 0.2) is 18.2 Å². The van der Waals surface area contributed by atoms with Crippen LogP contribution in [-0.4, -0.2) is 46.3 Å². The molecule has 2 fully saturated rings. The van der Waals surface area contributed by atoms with E-state index in [9.17, 15) is 9.50 Å². The lowest BCUT2D eigenvalue weighted by Crippen LogP contribution is -2.50. The molecule has 0 aromatic carbocycles. The standard InChI is InChI=1S/C16H24FN3O/c17-15-6-3-7-16(19-15)18-12-8-10-20(11-9-12)13-4-1-2-5-14(13)21/h3,6-7,12-14,21H,1-2,4-5,8-11H2,(H,18,19). The summed E-state index contributed by atoms with van der Waals surface area (Å²) in [7, 11) is 0. The van der Waals surface area contributed by atoms with Crippen molar-refractivity contribution in [3.63, 3.8) is 0 Å². The van der Waals surface area contributed by atoms with Crippen LogP contribution in [0.25, 0.3) is 0 Å². The summed E-state index contributed by atoms with van der Waals surface area (Å²) < 4.78 is 13.1. The number of hydrogen-bond acceptors (Lipinski definition) is 4. The van der Waals surface area contributed by atoms with Gasteiger partial charge in [-0.15, -0.1) is 0 Å². The molecule has 4 nitrogen and oxygen atoms in total. The molecule has 1 aliphatic heterocycles. The van der Waals surface area contributed by atoms with Crippen LogP contribution in [0.1, 0.15) is 38.5 Å². The molecular weight excluding hydrogens is 269 g/mol. The molecule has 0 spiro atoms. The minimum absolute atomic E-state index is 0.159. The first-order valence-electron chi connectivity index (χ1n) is 8.03. The fraction of sp³-hybridized carbons (Fsp3) is 0.688. The van der Waals surface area contributed by atoms with Crippen molar-refractivity contribution in [1.29, 1.82) is 0 Å². The van der Waals surface area contributed by atoms with Gasteiger partial charge in [0.15, 0.2) is 0 Å². The molecule has 1 aromatic rings. The van der Waals surface area contributed by atoms with Crippen LogP contribution in [0.3, 0.4) is 0 Å². The van der Waals surface area contributed by atoms with Gasteiger partial charge in [0.1, 0.15) is 5.82 Å². The average Bonchev–Trinajstić information content (AvgIpc) is 2.49. The fourth-order valence-electron chi connectivity index (χ4n) is 3.59. The van der Waals surface area contributed by atoms with E-state index in [0.29, 0.717) is 17.9 Å². The summed E-state index contributed by atoms with van der Waals surface area (Å²) in [6.07, 6.45) is 6.31. The van der Waals surface area contributed by atoms with Crippen molar-refractivity contribution in [3.8, 4) is 0 Å². The molecule has 21 heavy (non-hydrogen) atoms. The Morgan fingerprint density at radius 2 is 1.90 bits per heavy atom. The number of pyridine rings is 1. The maximum atomic E-state index is 13.1. The van der Waals surface area contributed by atoms with Crippen LogP contribution < -0.4 is 5.32 Å². The van der Waals surface area contributed by atoms with Crippen molar-refractivity contribution in [2.45, 2.75) is 56.7 Å². The molecule has 2 heterocycles. The first-order valence-corrected chi connectivity index (χ1v) is 8.03. The minimum atomic E-state index is -0.442. The molecule has 1 aromatic heterocycles. The van der Waals surface area contributed by atoms with Gasteiger partial charge in [0.25, 0.3) is 0 Å². The smallest absolute Gasteiger partial charge is 0.214 e. The lowest BCUT2D eigenvalue weighted by Gasteiger charge is -2.41. The van der Waals surface area contributed by atoms with E-state index in [1.165, 1.54) is 12.5 Å². The topological polar surface area (TPSA) is 48.4 Å². The van der Waals surface area contributed by atoms with Gasteiger partial charge in [-0.3, -0.25) is 4.90 Å². The molecule has 2 unspecified atom stereocenters. The summed E-state index contributed by atoms with van der Waals surface area (Å²) in [6, 6.07) is 5.53. The summed E-state index contributed by atoms with van der Waals surface area (Å²) in [4.78, 5) is 6.29. The summed E-state index contributed by atoms with van der Waals surface area (Å²) in [5.74, 6) is 0.175. The molecule has 1 saturated carbocycles. The van der Waals surface area contributed by atoms with Crippen LogP contribution in [0, 0.1) is 5.95 Å². The van der Waals surface area contributed by atoms with Gasteiger partial charge in [-0.1, -0.05) is 18.9 Å². The second kappa shape index (κ2) is 6.71. The molecule has 2 N–H and O–H groups in total. The lowest BCUT2D eigenvalue weighted by atomic mass is 9.89. The molecule has 2 atom stereocenters. The number of aliphatic hydroxyl groups is 1. The molecular formula is C16H24FN3O. The Morgan fingerprint density at radius 3 is 2.62 bits per heavy atom. The number of halogens is 1. The van der Waals surface area contributed by atoms with Crippen LogP contribution in [-0.2, 0) is 0 Å². The highest BCUT2D eigenvalue weighted by Gasteiger charge is 2.31. The highest BCUT2D eigenvalue weighted by molar-refractivity contribution is 5.34. The third kappa shape index (κ3) is 3.71. The van der Waals surface area contributed by atoms with Gasteiger partial charge in [-0.25, -0.2) is 4.98 Å². The zero-order chi connectivity index (χ0) is 14.7. The molecule has 2 aliphatic rings. The van der Waals surface area contributed by atoms with Gasteiger partial charge in [0.05, 0.1) is 6.10 Å². The first-order chi connectivity index (χ1) is 10.2. The van der Waals surface area contributed by atoms with Crippen molar-refractivity contribution < 1.29 is 9.50 Å². The van der Waals surface area contributed by atoms with Crippen LogP contribution in [0.4, 0.5) is 10.2 Å². The number of nitrogens with one attached hydrogen (secondary N) is 1. The number of hydrogen-bond donors (Lipinski definition) is 2. The molecule has 1 aliphatic carbocycles. The molecule has 0 radical (unpaired) electrons. The van der Waals surface area contributed by atoms with Gasteiger partial charge in [-0.05, 0) is 37.8 Å². The van der Waals surface area contributed by atoms with Gasteiger partial charge in [0.2, 0.25) is 5.95 Å². The Kier molecular flexibility index (Phi) is 4.70. The Labute approximate surface area is 125 Å². The van der Waals surface area contributed by atoms with Gasteiger partial charge in [-0.2, -0.15) is 4.39 Å². The highest BCUT2D eigenvalue weighted by Crippen LogP contribution is 2.26. The molecule has 0 amide bonds. The molecule has 0 bridgehead atoms. The van der Waals surface area contributed by atoms with E-state index in [-0.39, 0.29) is 6.10 Å². The SMILES string of the molecule is OC1CCCCC1N1CCC(Nc2cccc(F)n2)CC1. The largest absolute Gasteiger partial charge is 0.391 e. The Hall–Kier alpha value is -1.20. The monoisotopic (exact) mass is 293 g/mol. The number of nitrogens with zero attached hydrogens (tertiary/aromatic N) is 2. The molecule has 1 saturated heterocycles. The van der Waals surface area contributed by atoms with E-state index in [2.05, 4.69) is 15.2 Å². The van der Waals surface area contributed by atoms with E-state index >= 15 is 0 Å². The minimum Gasteiger partial charge on any atom is -0.391 e. The summed E-state index contributed by atoms with van der Waals surface area (Å²) in [5.41, 5.74) is 0. The molecule has 5 heteroatoms. The zero-order valence-corrected chi connectivity index (χ0v) is 12.3. The maximum absolute atomic E-state index is 13.1. The van der Waals surface area contributed by atoms with E-state index < -0.39 is 5.95 Å². The van der Waals surface area contributed by atoms with E-state index in [4.69, 9.17) is 0 Å². The number of anilines is 1. The van der Waals surface area contributed by atoms with E-state index in [0.717, 1.165) is 45.2 Å². The van der Waals surface area contributed by atoms with Crippen molar-refractivity contribution in [1.82, 2.24) is 9.88 Å². The molecule has 3 rings (SSSR count). The fourth-order valence-corrected chi connectivity index (χ4v) is 3.59. The van der Waals surface area contributed by atoms with Crippen molar-refractivity contribution in [3.05, 3.63) is 24.1 Å². The van der Waals surface area contributed by atoms with E-state index in [1.54, 1.807) is 12.1 Å². The van der Waals surface area contributed by atoms with Crippen LogP contribution in [0.2, 0.25) is 0 Å². The Morgan fingerprint density at radius 1 is 1.14 bits per heavy atom. The van der Waals surface area contributed by atoms with Gasteiger partial charge < -0.3 is 10.4 Å². The quantitative estimate of drug-likeness (QED) is 0.840. The maximum Gasteiger partial charge on any atom is 0.214 e. The number of likely N-dealkylation sites (tertiary alicyclic amines) is 1. The van der Waals surface area contributed by atoms with Gasteiger partial charge in [0, 0.05) is 25.2 Å². The number of piperidine rings is 1. The predicted octanol–water partition coefficient (Wildman–Crippen LogP) is 2.40. The second-order valence-corrected chi connectivity index (χ2v) is 6.22. The number of aromatic nitrogens is 1. The third-order valence-corrected chi connectivity index (χ3v) is 4.76. The Bertz CT molecular complexity index is 463. The van der Waals surface area contributed by atoms with Gasteiger partial charge >= 0.3 is 0 Å². The first kappa shape index (κ1) is 14.7. The Balaban J connectivity index is 1.50. The summed E-state index contributed by atoms with van der Waals surface area (Å²) in [6.45, 7) is 1.99. The van der Waals surface area contributed by atoms with Crippen LogP contribution >= 0.6 is 0 Å². The number of aliphatic hydroxyl groups excluding tert-OH is 1. The third-order valence-electron chi connectivity index (χ3n) is 4.76. The van der Waals surface area contributed by atoms with E-state index in [1.807, 2.05) is 0 Å². The van der Waals surface area contributed by atoms with Crippen molar-refractivity contribution in [2.24, 2.45) is 0 Å². The second-order valence-electron chi connectivity index (χ2n) is 6.22. The van der Waals surface area contributed by atoms with Crippen molar-refractivity contribution >= 4 is 5.82 Å². The predicted molar refractivity (Wildman–Crippen MR) is 80.7 cm³/mol. The highest BCUT2D eigenvalue weighted by atomic mass is 19.1. The molecule has 116 valence electrons.